The highest BCUT2D eigenvalue weighted by Gasteiger charge is 2.44. The molecule has 30 heavy (non-hydrogen) atoms. The third-order valence-electron chi connectivity index (χ3n) is 5.06. The van der Waals surface area contributed by atoms with Gasteiger partial charge in [0.25, 0.3) is 5.91 Å². The largest absolute Gasteiger partial charge is 0.508 e. The SMILES string of the molecule is Cc1nc(C)c(C(=O)C2=C(O)C(=O)N(Cc3ccccc3)C2c2ccc(O)cc2)s1. The number of amides is 1. The number of phenolic OH excluding ortho intramolecular Hbond substituents is 1. The molecule has 152 valence electrons. The van der Waals surface area contributed by atoms with Gasteiger partial charge in [0.15, 0.2) is 5.76 Å². The molecule has 0 bridgehead atoms. The number of phenols is 1. The number of ketones is 1. The number of aryl methyl sites for hydroxylation is 2. The van der Waals surface area contributed by atoms with E-state index in [1.54, 1.807) is 19.1 Å². The standard InChI is InChI=1S/C23H20N2O4S/c1-13-22(30-14(2)24-13)20(27)18-19(16-8-10-17(26)11-9-16)25(23(29)21(18)28)12-15-6-4-3-5-7-15/h3-11,19,26,28H,12H2,1-2H3. The molecular formula is C23H20N2O4S. The minimum absolute atomic E-state index is 0.0355. The summed E-state index contributed by atoms with van der Waals surface area (Å²) in [5, 5.41) is 21.1. The third-order valence-corrected chi connectivity index (χ3v) is 6.13. The lowest BCUT2D eigenvalue weighted by Gasteiger charge is -2.27. The van der Waals surface area contributed by atoms with Gasteiger partial charge < -0.3 is 15.1 Å². The molecule has 1 aromatic heterocycles. The molecule has 4 rings (SSSR count). The van der Waals surface area contributed by atoms with Crippen molar-refractivity contribution in [2.24, 2.45) is 0 Å². The van der Waals surface area contributed by atoms with Crippen molar-refractivity contribution in [1.29, 1.82) is 0 Å². The zero-order valence-electron chi connectivity index (χ0n) is 16.5. The first kappa shape index (κ1) is 19.8. The zero-order valence-corrected chi connectivity index (χ0v) is 17.3. The lowest BCUT2D eigenvalue weighted by molar-refractivity contribution is -0.130. The normalized spacial score (nSPS) is 16.4. The van der Waals surface area contributed by atoms with E-state index in [1.165, 1.54) is 28.4 Å². The van der Waals surface area contributed by atoms with Crippen LogP contribution in [0.1, 0.15) is 37.5 Å². The molecule has 0 saturated heterocycles. The van der Waals surface area contributed by atoms with Crippen molar-refractivity contribution >= 4 is 23.0 Å². The summed E-state index contributed by atoms with van der Waals surface area (Å²) in [6.45, 7) is 3.77. The second-order valence-electron chi connectivity index (χ2n) is 7.15. The van der Waals surface area contributed by atoms with Gasteiger partial charge in [-0.3, -0.25) is 9.59 Å². The van der Waals surface area contributed by atoms with E-state index in [9.17, 15) is 19.8 Å². The molecule has 1 unspecified atom stereocenters. The fourth-order valence-corrected chi connectivity index (χ4v) is 4.57. The van der Waals surface area contributed by atoms with E-state index in [4.69, 9.17) is 0 Å². The molecule has 2 N–H and O–H groups in total. The van der Waals surface area contributed by atoms with E-state index >= 15 is 0 Å². The smallest absolute Gasteiger partial charge is 0.290 e. The van der Waals surface area contributed by atoms with Crippen LogP contribution in [0.2, 0.25) is 0 Å². The van der Waals surface area contributed by atoms with Crippen molar-refractivity contribution in [1.82, 2.24) is 9.88 Å². The quantitative estimate of drug-likeness (QED) is 0.603. The summed E-state index contributed by atoms with van der Waals surface area (Å²) in [7, 11) is 0. The van der Waals surface area contributed by atoms with Crippen molar-refractivity contribution in [3.05, 3.63) is 92.6 Å². The summed E-state index contributed by atoms with van der Waals surface area (Å²) in [6.07, 6.45) is 0. The highest BCUT2D eigenvalue weighted by atomic mass is 32.1. The number of aromatic hydroxyl groups is 1. The summed E-state index contributed by atoms with van der Waals surface area (Å²) in [5.74, 6) is -1.47. The van der Waals surface area contributed by atoms with E-state index in [0.717, 1.165) is 10.6 Å². The minimum atomic E-state index is -0.771. The predicted octanol–water partition coefficient (Wildman–Crippen LogP) is 4.24. The van der Waals surface area contributed by atoms with Gasteiger partial charge in [-0.15, -0.1) is 11.3 Å². The molecule has 0 spiro atoms. The number of aliphatic hydroxyl groups is 1. The second kappa shape index (κ2) is 7.76. The fraction of sp³-hybridized carbons (Fsp3) is 0.174. The Kier molecular flexibility index (Phi) is 5.13. The highest BCUT2D eigenvalue weighted by molar-refractivity contribution is 7.14. The van der Waals surface area contributed by atoms with E-state index in [-0.39, 0.29) is 17.9 Å². The number of Topliss-reactive ketones (excluding diaryl/α,β-unsaturated/α-hetero) is 1. The van der Waals surface area contributed by atoms with Crippen LogP contribution in [0.25, 0.3) is 0 Å². The van der Waals surface area contributed by atoms with Crippen molar-refractivity contribution < 1.29 is 19.8 Å². The van der Waals surface area contributed by atoms with Crippen LogP contribution >= 0.6 is 11.3 Å². The van der Waals surface area contributed by atoms with Crippen LogP contribution in [-0.2, 0) is 11.3 Å². The van der Waals surface area contributed by atoms with Gasteiger partial charge in [0, 0.05) is 6.54 Å². The van der Waals surface area contributed by atoms with E-state index in [0.29, 0.717) is 16.1 Å². The van der Waals surface area contributed by atoms with Gasteiger partial charge in [0.05, 0.1) is 27.2 Å². The van der Waals surface area contributed by atoms with Crippen molar-refractivity contribution in [3.63, 3.8) is 0 Å². The zero-order chi connectivity index (χ0) is 21.4. The first-order chi connectivity index (χ1) is 14.4. The predicted molar refractivity (Wildman–Crippen MR) is 113 cm³/mol. The number of aromatic nitrogens is 1. The van der Waals surface area contributed by atoms with Gasteiger partial charge in [0.1, 0.15) is 5.75 Å². The number of hydrogen-bond acceptors (Lipinski definition) is 6. The number of rotatable bonds is 5. The molecule has 2 aromatic carbocycles. The minimum Gasteiger partial charge on any atom is -0.508 e. The molecule has 0 aliphatic carbocycles. The Morgan fingerprint density at radius 3 is 2.33 bits per heavy atom. The Labute approximate surface area is 177 Å². The van der Waals surface area contributed by atoms with E-state index in [1.807, 2.05) is 37.3 Å². The Balaban J connectivity index is 1.81. The highest BCUT2D eigenvalue weighted by Crippen LogP contribution is 2.41. The number of nitrogens with zero attached hydrogens (tertiary/aromatic N) is 2. The summed E-state index contributed by atoms with van der Waals surface area (Å²) in [5.41, 5.74) is 2.11. The second-order valence-corrected chi connectivity index (χ2v) is 8.35. The average Bonchev–Trinajstić information content (AvgIpc) is 3.20. The van der Waals surface area contributed by atoms with Crippen LogP contribution < -0.4 is 0 Å². The fourth-order valence-electron chi connectivity index (χ4n) is 3.70. The summed E-state index contributed by atoms with van der Waals surface area (Å²) < 4.78 is 0. The average molecular weight is 420 g/mol. The maximum atomic E-state index is 13.4. The van der Waals surface area contributed by atoms with Crippen LogP contribution in [-0.4, -0.2) is 31.8 Å². The molecule has 0 saturated carbocycles. The number of aliphatic hydroxyl groups excluding tert-OH is 1. The number of hydrogen-bond donors (Lipinski definition) is 2. The van der Waals surface area contributed by atoms with Crippen LogP contribution in [0.4, 0.5) is 0 Å². The van der Waals surface area contributed by atoms with Crippen molar-refractivity contribution in [2.45, 2.75) is 26.4 Å². The Morgan fingerprint density at radius 1 is 1.07 bits per heavy atom. The van der Waals surface area contributed by atoms with Crippen LogP contribution in [0, 0.1) is 13.8 Å². The van der Waals surface area contributed by atoms with Crippen LogP contribution in [0.5, 0.6) is 5.75 Å². The summed E-state index contributed by atoms with van der Waals surface area (Å²) in [6, 6.07) is 14.9. The van der Waals surface area contributed by atoms with Gasteiger partial charge in [-0.2, -0.15) is 0 Å². The van der Waals surface area contributed by atoms with E-state index in [2.05, 4.69) is 4.98 Å². The molecule has 6 nitrogen and oxygen atoms in total. The maximum absolute atomic E-state index is 13.4. The summed E-state index contributed by atoms with van der Waals surface area (Å²) in [4.78, 5) is 32.6. The number of thiazole rings is 1. The van der Waals surface area contributed by atoms with Crippen molar-refractivity contribution in [2.75, 3.05) is 0 Å². The van der Waals surface area contributed by atoms with Gasteiger partial charge in [-0.25, -0.2) is 4.98 Å². The van der Waals surface area contributed by atoms with Crippen molar-refractivity contribution in [3.8, 4) is 5.75 Å². The molecule has 1 atom stereocenters. The molecule has 3 aromatic rings. The summed E-state index contributed by atoms with van der Waals surface area (Å²) >= 11 is 1.24. The van der Waals surface area contributed by atoms with Crippen LogP contribution in [0.3, 0.4) is 0 Å². The number of carbonyl (C=O) groups excluding carboxylic acids is 2. The molecule has 1 aliphatic rings. The first-order valence-corrected chi connectivity index (χ1v) is 10.2. The molecule has 0 fully saturated rings. The lowest BCUT2D eigenvalue weighted by atomic mass is 9.94. The molecule has 1 aliphatic heterocycles. The lowest BCUT2D eigenvalue weighted by Crippen LogP contribution is -2.30. The topological polar surface area (TPSA) is 90.7 Å². The third kappa shape index (κ3) is 3.48. The van der Waals surface area contributed by atoms with E-state index < -0.39 is 23.5 Å². The molecular weight excluding hydrogens is 400 g/mol. The maximum Gasteiger partial charge on any atom is 0.290 e. The molecule has 2 heterocycles. The van der Waals surface area contributed by atoms with Gasteiger partial charge in [-0.05, 0) is 37.1 Å². The molecule has 1 amide bonds. The Hall–Kier alpha value is -3.45. The van der Waals surface area contributed by atoms with Gasteiger partial charge in [0.2, 0.25) is 5.78 Å². The van der Waals surface area contributed by atoms with Crippen LogP contribution in [0.15, 0.2) is 65.9 Å². The number of benzene rings is 2. The first-order valence-electron chi connectivity index (χ1n) is 9.42. The number of carbonyl (C=O) groups is 2. The Morgan fingerprint density at radius 2 is 1.73 bits per heavy atom. The molecule has 7 heteroatoms. The molecule has 0 radical (unpaired) electrons. The van der Waals surface area contributed by atoms with Gasteiger partial charge >= 0.3 is 0 Å². The van der Waals surface area contributed by atoms with Gasteiger partial charge in [-0.1, -0.05) is 42.5 Å². The monoisotopic (exact) mass is 420 g/mol. The Bertz CT molecular complexity index is 1150.